The monoisotopic (exact) mass is 534 g/mol. The number of halogens is 3. The van der Waals surface area contributed by atoms with Crippen molar-refractivity contribution in [2.75, 3.05) is 6.61 Å². The fourth-order valence-corrected chi connectivity index (χ4v) is 3.96. The van der Waals surface area contributed by atoms with Gasteiger partial charge in [0.2, 0.25) is 0 Å². The molecule has 3 aromatic rings. The lowest BCUT2D eigenvalue weighted by molar-refractivity contribution is 0.339. The number of hydrogen-bond acceptors (Lipinski definition) is 3. The summed E-state index contributed by atoms with van der Waals surface area (Å²) < 4.78 is 7.96. The molecule has 0 saturated carbocycles. The number of ether oxygens (including phenoxy) is 1. The third-order valence-corrected chi connectivity index (χ3v) is 5.82. The van der Waals surface area contributed by atoms with Gasteiger partial charge in [0.05, 0.1) is 18.2 Å². The van der Waals surface area contributed by atoms with E-state index in [4.69, 9.17) is 9.73 Å². The first-order valence-corrected chi connectivity index (χ1v) is 10.8. The SMILES string of the molecule is CCOc1ccccc1C1=N[C@H](c2ccc(Br)cc2)[C@H](c2ccc(Br)cc2)N1.Cl. The number of nitrogens with zero attached hydrogens (tertiary/aromatic N) is 1. The Morgan fingerprint density at radius 2 is 1.45 bits per heavy atom. The number of para-hydroxylation sites is 1. The minimum absolute atomic E-state index is 0. The van der Waals surface area contributed by atoms with Crippen molar-refractivity contribution < 1.29 is 4.74 Å². The Hall–Kier alpha value is -1.82. The molecule has 1 aliphatic rings. The maximum atomic E-state index is 5.83. The average molecular weight is 537 g/mol. The molecule has 150 valence electrons. The van der Waals surface area contributed by atoms with Gasteiger partial charge in [-0.3, -0.25) is 4.99 Å². The van der Waals surface area contributed by atoms with E-state index in [1.807, 2.05) is 25.1 Å². The van der Waals surface area contributed by atoms with Gasteiger partial charge in [-0.25, -0.2) is 0 Å². The molecule has 0 fully saturated rings. The number of hydrogen-bond donors (Lipinski definition) is 1. The molecule has 3 aromatic carbocycles. The van der Waals surface area contributed by atoms with E-state index < -0.39 is 0 Å². The first-order chi connectivity index (χ1) is 13.7. The molecule has 0 amide bonds. The largest absolute Gasteiger partial charge is 0.493 e. The molecule has 0 aliphatic carbocycles. The second-order valence-electron chi connectivity index (χ2n) is 6.58. The molecular formula is C23H21Br2ClN2O. The predicted octanol–water partition coefficient (Wildman–Crippen LogP) is 6.86. The van der Waals surface area contributed by atoms with Crippen LogP contribution < -0.4 is 10.1 Å². The first-order valence-electron chi connectivity index (χ1n) is 9.23. The van der Waals surface area contributed by atoms with Crippen LogP contribution in [0.25, 0.3) is 0 Å². The van der Waals surface area contributed by atoms with Crippen LogP contribution in [0.4, 0.5) is 0 Å². The number of rotatable bonds is 5. The standard InChI is InChI=1S/C23H20Br2N2O.ClH/c1-2-28-20-6-4-3-5-19(20)23-26-21(15-7-11-17(24)12-8-15)22(27-23)16-9-13-18(25)14-10-16;/h3-14,21-22H,2H2,1H3,(H,26,27);1H/t21-,22+;. The molecule has 4 rings (SSSR count). The smallest absolute Gasteiger partial charge is 0.133 e. The van der Waals surface area contributed by atoms with Crippen LogP contribution in [-0.2, 0) is 0 Å². The Bertz CT molecular complexity index is 991. The fourth-order valence-electron chi connectivity index (χ4n) is 3.43. The van der Waals surface area contributed by atoms with Crippen molar-refractivity contribution in [1.82, 2.24) is 5.32 Å². The third-order valence-electron chi connectivity index (χ3n) is 4.76. The minimum atomic E-state index is -0.0149. The van der Waals surface area contributed by atoms with Crippen LogP contribution in [0.3, 0.4) is 0 Å². The van der Waals surface area contributed by atoms with Gasteiger partial charge in [0, 0.05) is 8.95 Å². The average Bonchev–Trinajstić information content (AvgIpc) is 3.15. The van der Waals surface area contributed by atoms with Gasteiger partial charge in [-0.05, 0) is 54.4 Å². The molecule has 0 spiro atoms. The highest BCUT2D eigenvalue weighted by atomic mass is 79.9. The normalized spacial score (nSPS) is 17.8. The maximum absolute atomic E-state index is 5.83. The van der Waals surface area contributed by atoms with E-state index >= 15 is 0 Å². The Labute approximate surface area is 194 Å². The molecule has 0 saturated heterocycles. The van der Waals surface area contributed by atoms with E-state index in [0.29, 0.717) is 6.61 Å². The molecule has 1 N–H and O–H groups in total. The molecule has 29 heavy (non-hydrogen) atoms. The van der Waals surface area contributed by atoms with Gasteiger partial charge in [0.25, 0.3) is 0 Å². The maximum Gasteiger partial charge on any atom is 0.133 e. The van der Waals surface area contributed by atoms with Crippen LogP contribution in [0.15, 0.2) is 86.7 Å². The molecule has 2 atom stereocenters. The van der Waals surface area contributed by atoms with Gasteiger partial charge in [0.15, 0.2) is 0 Å². The van der Waals surface area contributed by atoms with Crippen LogP contribution in [0, 0.1) is 0 Å². The van der Waals surface area contributed by atoms with Crippen LogP contribution in [0.2, 0.25) is 0 Å². The summed E-state index contributed by atoms with van der Waals surface area (Å²) in [5, 5.41) is 3.65. The van der Waals surface area contributed by atoms with Gasteiger partial charge in [-0.2, -0.15) is 0 Å². The van der Waals surface area contributed by atoms with Crippen LogP contribution in [-0.4, -0.2) is 12.4 Å². The number of amidine groups is 1. The Morgan fingerprint density at radius 3 is 2.07 bits per heavy atom. The zero-order valence-electron chi connectivity index (χ0n) is 15.8. The summed E-state index contributed by atoms with van der Waals surface area (Å²) >= 11 is 7.05. The van der Waals surface area contributed by atoms with Crippen molar-refractivity contribution in [3.05, 3.63) is 98.4 Å². The second kappa shape index (κ2) is 9.79. The van der Waals surface area contributed by atoms with Crippen molar-refractivity contribution in [3.63, 3.8) is 0 Å². The molecule has 3 nitrogen and oxygen atoms in total. The van der Waals surface area contributed by atoms with Gasteiger partial charge < -0.3 is 10.1 Å². The van der Waals surface area contributed by atoms with Crippen LogP contribution >= 0.6 is 44.3 Å². The van der Waals surface area contributed by atoms with Gasteiger partial charge in [0.1, 0.15) is 17.6 Å². The molecule has 1 aliphatic heterocycles. The lowest BCUT2D eigenvalue weighted by Gasteiger charge is -2.20. The van der Waals surface area contributed by atoms with Crippen LogP contribution in [0.5, 0.6) is 5.75 Å². The van der Waals surface area contributed by atoms with E-state index in [1.54, 1.807) is 0 Å². The molecule has 0 radical (unpaired) electrons. The van der Waals surface area contributed by atoms with Crippen LogP contribution in [0.1, 0.15) is 35.7 Å². The Balaban J connectivity index is 0.00000240. The predicted molar refractivity (Wildman–Crippen MR) is 128 cm³/mol. The summed E-state index contributed by atoms with van der Waals surface area (Å²) in [6.07, 6.45) is 0. The molecule has 0 aromatic heterocycles. The van der Waals surface area contributed by atoms with Gasteiger partial charge >= 0.3 is 0 Å². The molecule has 0 unspecified atom stereocenters. The van der Waals surface area contributed by atoms with E-state index in [-0.39, 0.29) is 24.5 Å². The Morgan fingerprint density at radius 1 is 0.862 bits per heavy atom. The van der Waals surface area contributed by atoms with Gasteiger partial charge in [-0.15, -0.1) is 12.4 Å². The lowest BCUT2D eigenvalue weighted by atomic mass is 9.95. The lowest BCUT2D eigenvalue weighted by Crippen LogP contribution is -2.25. The zero-order chi connectivity index (χ0) is 19.5. The first kappa shape index (κ1) is 21.9. The summed E-state index contributed by atoms with van der Waals surface area (Å²) in [7, 11) is 0. The molecule has 6 heteroatoms. The van der Waals surface area contributed by atoms with E-state index in [1.165, 1.54) is 11.1 Å². The summed E-state index contributed by atoms with van der Waals surface area (Å²) in [5.74, 6) is 1.71. The fraction of sp³-hybridized carbons (Fsp3) is 0.174. The summed E-state index contributed by atoms with van der Waals surface area (Å²) in [4.78, 5) is 5.08. The highest BCUT2D eigenvalue weighted by Gasteiger charge is 2.32. The molecule has 0 bridgehead atoms. The highest BCUT2D eigenvalue weighted by molar-refractivity contribution is 9.10. The van der Waals surface area contributed by atoms with Crippen molar-refractivity contribution >= 4 is 50.1 Å². The van der Waals surface area contributed by atoms with E-state index in [0.717, 1.165) is 26.1 Å². The summed E-state index contributed by atoms with van der Waals surface area (Å²) in [6.45, 7) is 2.62. The van der Waals surface area contributed by atoms with Crippen molar-refractivity contribution in [3.8, 4) is 5.75 Å². The zero-order valence-corrected chi connectivity index (χ0v) is 19.8. The topological polar surface area (TPSA) is 33.6 Å². The number of nitrogens with one attached hydrogen (secondary N) is 1. The van der Waals surface area contributed by atoms with E-state index in [2.05, 4.69) is 91.8 Å². The van der Waals surface area contributed by atoms with Crippen molar-refractivity contribution in [2.45, 2.75) is 19.0 Å². The summed E-state index contributed by atoms with van der Waals surface area (Å²) in [5.41, 5.74) is 3.36. The third kappa shape index (κ3) is 4.85. The minimum Gasteiger partial charge on any atom is -0.493 e. The molecular weight excluding hydrogens is 516 g/mol. The van der Waals surface area contributed by atoms with E-state index in [9.17, 15) is 0 Å². The number of benzene rings is 3. The number of aliphatic imine (C=N–C) groups is 1. The van der Waals surface area contributed by atoms with Gasteiger partial charge in [-0.1, -0.05) is 68.3 Å². The molecule has 1 heterocycles. The highest BCUT2D eigenvalue weighted by Crippen LogP contribution is 2.38. The second-order valence-corrected chi connectivity index (χ2v) is 8.41. The van der Waals surface area contributed by atoms with Crippen molar-refractivity contribution in [1.29, 1.82) is 0 Å². The Kier molecular flexibility index (Phi) is 7.38. The van der Waals surface area contributed by atoms with Crippen molar-refractivity contribution in [2.24, 2.45) is 4.99 Å². The summed E-state index contributed by atoms with van der Waals surface area (Å²) in [6, 6.07) is 24.9. The quantitative estimate of drug-likeness (QED) is 0.386.